The number of rotatable bonds is 3. The minimum atomic E-state index is -0.221. The average Bonchev–Trinajstić information content (AvgIpc) is 2.07. The first-order valence-corrected chi connectivity index (χ1v) is 5.45. The van der Waals surface area contributed by atoms with Gasteiger partial charge in [0.15, 0.2) is 0 Å². The van der Waals surface area contributed by atoms with Crippen molar-refractivity contribution < 1.29 is 4.39 Å². The van der Waals surface area contributed by atoms with Gasteiger partial charge in [-0.15, -0.1) is 0 Å². The van der Waals surface area contributed by atoms with E-state index < -0.39 is 0 Å². The highest BCUT2D eigenvalue weighted by atomic mass is 79.9. The summed E-state index contributed by atoms with van der Waals surface area (Å²) in [6.07, 6.45) is 1.75. The van der Waals surface area contributed by atoms with Crippen molar-refractivity contribution >= 4 is 31.9 Å². The Morgan fingerprint density at radius 3 is 2.69 bits per heavy atom. The topological polar surface area (TPSA) is 0 Å². The standard InChI is InChI=1S/C10H9Br2F/c1-7(11)2-3-8-4-5-10(13)9(12)6-8/h4-6H,1-3H2. The fourth-order valence-corrected chi connectivity index (χ4v) is 1.60. The monoisotopic (exact) mass is 306 g/mol. The second kappa shape index (κ2) is 4.91. The van der Waals surface area contributed by atoms with Crippen LogP contribution in [0.5, 0.6) is 0 Å². The Bertz CT molecular complexity index is 321. The summed E-state index contributed by atoms with van der Waals surface area (Å²) < 4.78 is 14.3. The van der Waals surface area contributed by atoms with Gasteiger partial charge in [0.25, 0.3) is 0 Å². The lowest BCUT2D eigenvalue weighted by Gasteiger charge is -2.01. The second-order valence-electron chi connectivity index (χ2n) is 2.77. The maximum Gasteiger partial charge on any atom is 0.137 e. The van der Waals surface area contributed by atoms with Gasteiger partial charge in [0.2, 0.25) is 0 Å². The van der Waals surface area contributed by atoms with Crippen molar-refractivity contribution in [3.05, 3.63) is 45.1 Å². The van der Waals surface area contributed by atoms with E-state index in [4.69, 9.17) is 0 Å². The van der Waals surface area contributed by atoms with Crippen LogP contribution in [-0.2, 0) is 6.42 Å². The Balaban J connectivity index is 2.68. The largest absolute Gasteiger partial charge is 0.206 e. The zero-order valence-corrected chi connectivity index (χ0v) is 10.2. The van der Waals surface area contributed by atoms with E-state index in [1.807, 2.05) is 0 Å². The lowest BCUT2D eigenvalue weighted by atomic mass is 10.1. The number of hydrogen-bond acceptors (Lipinski definition) is 0. The van der Waals surface area contributed by atoms with Crippen molar-refractivity contribution in [2.24, 2.45) is 0 Å². The Morgan fingerprint density at radius 2 is 2.15 bits per heavy atom. The van der Waals surface area contributed by atoms with Crippen LogP contribution in [0.25, 0.3) is 0 Å². The molecule has 0 spiro atoms. The fraction of sp³-hybridized carbons (Fsp3) is 0.200. The molecule has 13 heavy (non-hydrogen) atoms. The van der Waals surface area contributed by atoms with Crippen LogP contribution in [0, 0.1) is 5.82 Å². The lowest BCUT2D eigenvalue weighted by molar-refractivity contribution is 0.620. The molecule has 0 saturated heterocycles. The molecular formula is C10H9Br2F. The van der Waals surface area contributed by atoms with E-state index in [-0.39, 0.29) is 5.82 Å². The first kappa shape index (κ1) is 10.9. The molecule has 0 amide bonds. The van der Waals surface area contributed by atoms with Crippen LogP contribution in [-0.4, -0.2) is 0 Å². The van der Waals surface area contributed by atoms with E-state index in [0.717, 1.165) is 22.9 Å². The first-order chi connectivity index (χ1) is 6.09. The summed E-state index contributed by atoms with van der Waals surface area (Å²) in [6, 6.07) is 5.05. The first-order valence-electron chi connectivity index (χ1n) is 3.87. The Morgan fingerprint density at radius 1 is 1.46 bits per heavy atom. The molecule has 0 bridgehead atoms. The molecule has 3 heteroatoms. The third kappa shape index (κ3) is 3.61. The minimum Gasteiger partial charge on any atom is -0.206 e. The molecule has 0 aliphatic rings. The minimum absolute atomic E-state index is 0.221. The molecule has 1 aromatic rings. The van der Waals surface area contributed by atoms with Crippen molar-refractivity contribution in [3.8, 4) is 0 Å². The van der Waals surface area contributed by atoms with Gasteiger partial charge in [-0.3, -0.25) is 0 Å². The third-order valence-electron chi connectivity index (χ3n) is 1.67. The molecule has 1 aromatic carbocycles. The molecule has 0 atom stereocenters. The molecule has 0 aliphatic heterocycles. The molecule has 0 unspecified atom stereocenters. The maximum atomic E-state index is 12.8. The molecule has 0 saturated carbocycles. The van der Waals surface area contributed by atoms with Crippen LogP contribution in [0.3, 0.4) is 0 Å². The molecule has 1 rings (SSSR count). The summed E-state index contributed by atoms with van der Waals surface area (Å²) in [4.78, 5) is 0. The van der Waals surface area contributed by atoms with Gasteiger partial charge in [-0.1, -0.05) is 28.6 Å². The van der Waals surface area contributed by atoms with Crippen LogP contribution in [0.2, 0.25) is 0 Å². The van der Waals surface area contributed by atoms with Gasteiger partial charge < -0.3 is 0 Å². The zero-order chi connectivity index (χ0) is 9.84. The SMILES string of the molecule is C=C(Br)CCc1ccc(F)c(Br)c1. The van der Waals surface area contributed by atoms with Crippen LogP contribution in [0.4, 0.5) is 4.39 Å². The summed E-state index contributed by atoms with van der Waals surface area (Å²) in [5.74, 6) is -0.221. The molecule has 0 heterocycles. The van der Waals surface area contributed by atoms with E-state index in [2.05, 4.69) is 38.4 Å². The molecule has 0 N–H and O–H groups in total. The normalized spacial score (nSPS) is 10.1. The third-order valence-corrected chi connectivity index (χ3v) is 2.67. The fourth-order valence-electron chi connectivity index (χ4n) is 0.975. The molecule has 0 radical (unpaired) electrons. The van der Waals surface area contributed by atoms with Gasteiger partial charge in [0.1, 0.15) is 5.82 Å². The molecular weight excluding hydrogens is 299 g/mol. The van der Waals surface area contributed by atoms with Gasteiger partial charge in [0.05, 0.1) is 4.47 Å². The molecule has 0 fully saturated rings. The van der Waals surface area contributed by atoms with Gasteiger partial charge in [0, 0.05) is 0 Å². The molecule has 0 nitrogen and oxygen atoms in total. The lowest BCUT2D eigenvalue weighted by Crippen LogP contribution is -1.86. The summed E-state index contributed by atoms with van der Waals surface area (Å²) in [7, 11) is 0. The number of aryl methyl sites for hydroxylation is 1. The summed E-state index contributed by atoms with van der Waals surface area (Å²) in [5.41, 5.74) is 1.11. The van der Waals surface area contributed by atoms with E-state index in [0.29, 0.717) is 4.47 Å². The molecule has 0 aliphatic carbocycles. The summed E-state index contributed by atoms with van der Waals surface area (Å²) in [5, 5.41) is 0. The Hall–Kier alpha value is -0.150. The van der Waals surface area contributed by atoms with Crippen molar-refractivity contribution in [2.45, 2.75) is 12.8 Å². The van der Waals surface area contributed by atoms with Crippen LogP contribution >= 0.6 is 31.9 Å². The van der Waals surface area contributed by atoms with E-state index in [1.54, 1.807) is 12.1 Å². The van der Waals surface area contributed by atoms with Gasteiger partial charge >= 0.3 is 0 Å². The Kier molecular flexibility index (Phi) is 4.13. The maximum absolute atomic E-state index is 12.8. The highest BCUT2D eigenvalue weighted by Gasteiger charge is 2.00. The van der Waals surface area contributed by atoms with Gasteiger partial charge in [-0.05, 0) is 51.0 Å². The number of benzene rings is 1. The van der Waals surface area contributed by atoms with E-state index in [9.17, 15) is 4.39 Å². The van der Waals surface area contributed by atoms with Crippen LogP contribution in [0.1, 0.15) is 12.0 Å². The summed E-state index contributed by atoms with van der Waals surface area (Å²) in [6.45, 7) is 3.74. The van der Waals surface area contributed by atoms with Crippen molar-refractivity contribution in [1.29, 1.82) is 0 Å². The second-order valence-corrected chi connectivity index (χ2v) is 4.74. The smallest absolute Gasteiger partial charge is 0.137 e. The van der Waals surface area contributed by atoms with Crippen molar-refractivity contribution in [1.82, 2.24) is 0 Å². The predicted octanol–water partition coefficient (Wildman–Crippen LogP) is 4.43. The number of hydrogen-bond donors (Lipinski definition) is 0. The van der Waals surface area contributed by atoms with Gasteiger partial charge in [-0.2, -0.15) is 0 Å². The highest BCUT2D eigenvalue weighted by molar-refractivity contribution is 9.11. The zero-order valence-electron chi connectivity index (χ0n) is 6.99. The van der Waals surface area contributed by atoms with Crippen LogP contribution in [0.15, 0.2) is 33.7 Å². The summed E-state index contributed by atoms with van der Waals surface area (Å²) >= 11 is 6.43. The highest BCUT2D eigenvalue weighted by Crippen LogP contribution is 2.19. The van der Waals surface area contributed by atoms with Gasteiger partial charge in [-0.25, -0.2) is 4.39 Å². The number of halogens is 3. The Labute approximate surface area is 94.1 Å². The number of allylic oxidation sites excluding steroid dienone is 1. The van der Waals surface area contributed by atoms with Crippen molar-refractivity contribution in [3.63, 3.8) is 0 Å². The quantitative estimate of drug-likeness (QED) is 0.775. The van der Waals surface area contributed by atoms with E-state index >= 15 is 0 Å². The van der Waals surface area contributed by atoms with E-state index in [1.165, 1.54) is 6.07 Å². The van der Waals surface area contributed by atoms with Crippen LogP contribution < -0.4 is 0 Å². The van der Waals surface area contributed by atoms with Crippen molar-refractivity contribution in [2.75, 3.05) is 0 Å². The molecule has 70 valence electrons. The predicted molar refractivity (Wildman–Crippen MR) is 60.5 cm³/mol. The molecule has 0 aromatic heterocycles. The average molecular weight is 308 g/mol.